The van der Waals surface area contributed by atoms with Gasteiger partial charge in [0.25, 0.3) is 5.91 Å². The lowest BCUT2D eigenvalue weighted by Gasteiger charge is -2.24. The van der Waals surface area contributed by atoms with Gasteiger partial charge >= 0.3 is 18.7 Å². The summed E-state index contributed by atoms with van der Waals surface area (Å²) in [6.45, 7) is 0.304. The van der Waals surface area contributed by atoms with Gasteiger partial charge in [-0.3, -0.25) is 14.5 Å². The fourth-order valence-electron chi connectivity index (χ4n) is 3.73. The molecule has 3 aromatic heterocycles. The van der Waals surface area contributed by atoms with Crippen LogP contribution in [0.1, 0.15) is 46.3 Å². The fraction of sp³-hybridized carbons (Fsp3) is 0.368. The molecule has 1 amide bonds. The highest BCUT2D eigenvalue weighted by Crippen LogP contribution is 2.37. The van der Waals surface area contributed by atoms with E-state index in [1.54, 1.807) is 0 Å². The van der Waals surface area contributed by atoms with E-state index in [0.29, 0.717) is 13.0 Å². The van der Waals surface area contributed by atoms with Crippen LogP contribution < -0.4 is 5.32 Å². The van der Waals surface area contributed by atoms with Crippen molar-refractivity contribution in [1.29, 1.82) is 0 Å². The maximum Gasteiger partial charge on any atom is 0.505 e. The Labute approximate surface area is 189 Å². The summed E-state index contributed by atoms with van der Waals surface area (Å²) in [6.07, 6.45) is -14.0. The van der Waals surface area contributed by atoms with E-state index in [9.17, 15) is 44.3 Å². The van der Waals surface area contributed by atoms with Crippen LogP contribution in [0.25, 0.3) is 11.3 Å². The molecule has 0 fully saturated rings. The summed E-state index contributed by atoms with van der Waals surface area (Å²) in [5, 5.41) is 9.13. The van der Waals surface area contributed by atoms with Gasteiger partial charge in [-0.2, -0.15) is 41.2 Å². The van der Waals surface area contributed by atoms with Crippen LogP contribution in [-0.2, 0) is 25.2 Å². The molecule has 16 heteroatoms. The highest BCUT2D eigenvalue weighted by atomic mass is 19.4. The number of pyridine rings is 1. The SMILES string of the molecule is O=C(NC1CCCn2nc(-c3ccnc(C(F)(F)F)c3)cc21)c1cnn(C(F)(F)F)c1C(F)(F)F. The van der Waals surface area contributed by atoms with E-state index in [-0.39, 0.29) is 29.6 Å². The predicted molar refractivity (Wildman–Crippen MR) is 98.4 cm³/mol. The van der Waals surface area contributed by atoms with Crippen LogP contribution in [0.5, 0.6) is 0 Å². The van der Waals surface area contributed by atoms with Gasteiger partial charge in [0.2, 0.25) is 0 Å². The maximum atomic E-state index is 13.3. The minimum atomic E-state index is -5.53. The summed E-state index contributed by atoms with van der Waals surface area (Å²) in [5.74, 6) is -1.45. The van der Waals surface area contributed by atoms with Gasteiger partial charge in [-0.05, 0) is 31.0 Å². The number of nitrogens with zero attached hydrogens (tertiary/aromatic N) is 5. The summed E-state index contributed by atoms with van der Waals surface area (Å²) in [4.78, 5) is 15.8. The number of nitrogens with one attached hydrogen (secondary N) is 1. The van der Waals surface area contributed by atoms with Gasteiger partial charge in [0.1, 0.15) is 5.69 Å². The molecule has 4 rings (SSSR count). The minimum absolute atomic E-state index is 0.0603. The van der Waals surface area contributed by atoms with E-state index >= 15 is 0 Å². The van der Waals surface area contributed by atoms with E-state index in [0.717, 1.165) is 12.3 Å². The third kappa shape index (κ3) is 4.81. The van der Waals surface area contributed by atoms with Crippen LogP contribution in [0.3, 0.4) is 0 Å². The van der Waals surface area contributed by atoms with Crippen molar-refractivity contribution in [3.63, 3.8) is 0 Å². The number of carbonyl (C=O) groups excluding carboxylic acids is 1. The van der Waals surface area contributed by atoms with Crippen LogP contribution in [0.4, 0.5) is 39.5 Å². The number of amides is 1. The Morgan fingerprint density at radius 2 is 1.74 bits per heavy atom. The van der Waals surface area contributed by atoms with E-state index in [1.807, 2.05) is 0 Å². The molecule has 0 bridgehead atoms. The van der Waals surface area contributed by atoms with E-state index < -0.39 is 52.2 Å². The van der Waals surface area contributed by atoms with Crippen molar-refractivity contribution in [2.45, 2.75) is 44.1 Å². The largest absolute Gasteiger partial charge is 0.505 e. The van der Waals surface area contributed by atoms with Crippen molar-refractivity contribution in [3.8, 4) is 11.3 Å². The quantitative estimate of drug-likeness (QED) is 0.506. The maximum absolute atomic E-state index is 13.3. The van der Waals surface area contributed by atoms with Crippen LogP contribution in [-0.4, -0.2) is 30.5 Å². The van der Waals surface area contributed by atoms with Crippen molar-refractivity contribution in [2.24, 2.45) is 0 Å². The molecule has 1 unspecified atom stereocenters. The Kier molecular flexibility index (Phi) is 5.79. The van der Waals surface area contributed by atoms with Crippen molar-refractivity contribution in [3.05, 3.63) is 53.2 Å². The average molecular weight is 512 g/mol. The molecule has 4 heterocycles. The van der Waals surface area contributed by atoms with Gasteiger partial charge in [-0.25, -0.2) is 0 Å². The van der Waals surface area contributed by atoms with Gasteiger partial charge in [-0.15, -0.1) is 13.2 Å². The van der Waals surface area contributed by atoms with E-state index in [1.165, 1.54) is 16.8 Å². The number of hydrogen-bond acceptors (Lipinski definition) is 4. The Morgan fingerprint density at radius 3 is 2.37 bits per heavy atom. The monoisotopic (exact) mass is 512 g/mol. The molecular formula is C19H13F9N6O. The molecule has 1 aliphatic rings. The second-order valence-electron chi connectivity index (χ2n) is 7.56. The number of aryl methyl sites for hydroxylation is 1. The smallest absolute Gasteiger partial charge is 0.344 e. The van der Waals surface area contributed by atoms with E-state index in [2.05, 4.69) is 20.5 Å². The Hall–Kier alpha value is -3.59. The van der Waals surface area contributed by atoms with Gasteiger partial charge in [0.05, 0.1) is 29.2 Å². The van der Waals surface area contributed by atoms with Crippen molar-refractivity contribution < 1.29 is 44.3 Å². The molecule has 188 valence electrons. The number of rotatable bonds is 3. The molecule has 0 aromatic carbocycles. The van der Waals surface area contributed by atoms with Crippen molar-refractivity contribution in [1.82, 2.24) is 29.9 Å². The summed E-state index contributed by atoms with van der Waals surface area (Å²) >= 11 is 0. The standard InChI is InChI=1S/C19H13F9N6O/c20-17(21,22)14-6-9(3-4-29-14)12-7-13-11(2-1-5-33(13)32-12)31-16(35)10-8-30-34(19(26,27)28)15(10)18(23,24)25/h3-4,6-8,11H,1-2,5H2,(H,31,35). The Balaban J connectivity index is 1.64. The molecule has 3 aromatic rings. The number of aromatic nitrogens is 5. The molecule has 0 saturated heterocycles. The number of carbonyl (C=O) groups is 1. The van der Waals surface area contributed by atoms with Gasteiger partial charge in [-0.1, -0.05) is 0 Å². The van der Waals surface area contributed by atoms with Gasteiger partial charge in [0, 0.05) is 18.3 Å². The first-order valence-electron chi connectivity index (χ1n) is 9.81. The topological polar surface area (TPSA) is 77.6 Å². The summed E-state index contributed by atoms with van der Waals surface area (Å²) < 4.78 is 118. The lowest BCUT2D eigenvalue weighted by Crippen LogP contribution is -2.34. The van der Waals surface area contributed by atoms with Crippen molar-refractivity contribution in [2.75, 3.05) is 0 Å². The third-order valence-corrected chi connectivity index (χ3v) is 5.20. The molecule has 0 spiro atoms. The van der Waals surface area contributed by atoms with Gasteiger partial charge in [0.15, 0.2) is 5.69 Å². The minimum Gasteiger partial charge on any atom is -0.344 e. The first kappa shape index (κ1) is 24.5. The third-order valence-electron chi connectivity index (χ3n) is 5.20. The lowest BCUT2D eigenvalue weighted by atomic mass is 10.0. The molecular weight excluding hydrogens is 499 g/mol. The summed E-state index contributed by atoms with van der Waals surface area (Å²) in [7, 11) is 0. The number of halogens is 9. The summed E-state index contributed by atoms with van der Waals surface area (Å²) in [6, 6.07) is 2.43. The zero-order valence-electron chi connectivity index (χ0n) is 17.1. The molecule has 1 atom stereocenters. The molecule has 35 heavy (non-hydrogen) atoms. The van der Waals surface area contributed by atoms with E-state index in [4.69, 9.17) is 0 Å². The number of hydrogen-bond donors (Lipinski definition) is 1. The molecule has 0 radical (unpaired) electrons. The fourth-order valence-corrected chi connectivity index (χ4v) is 3.73. The molecule has 1 aliphatic heterocycles. The number of fused-ring (bicyclic) bond motifs is 1. The van der Waals surface area contributed by atoms with Gasteiger partial charge < -0.3 is 5.32 Å². The second-order valence-corrected chi connectivity index (χ2v) is 7.56. The molecule has 0 saturated carbocycles. The second kappa shape index (κ2) is 8.27. The van der Waals surface area contributed by atoms with Crippen LogP contribution in [0, 0.1) is 0 Å². The first-order valence-corrected chi connectivity index (χ1v) is 9.81. The van der Waals surface area contributed by atoms with Crippen LogP contribution in [0.15, 0.2) is 30.6 Å². The Morgan fingerprint density at radius 1 is 1.03 bits per heavy atom. The zero-order chi connectivity index (χ0) is 25.8. The first-order chi connectivity index (χ1) is 16.2. The highest BCUT2D eigenvalue weighted by Gasteiger charge is 2.47. The van der Waals surface area contributed by atoms with Crippen LogP contribution in [0.2, 0.25) is 0 Å². The predicted octanol–water partition coefficient (Wildman–Crippen LogP) is 4.92. The van der Waals surface area contributed by atoms with Crippen molar-refractivity contribution >= 4 is 5.91 Å². The number of alkyl halides is 9. The molecule has 0 aliphatic carbocycles. The molecule has 7 nitrogen and oxygen atoms in total. The normalized spacial score (nSPS) is 16.8. The Bertz CT molecular complexity index is 1250. The zero-order valence-corrected chi connectivity index (χ0v) is 17.1. The average Bonchev–Trinajstić information content (AvgIpc) is 3.38. The van der Waals surface area contributed by atoms with Crippen LogP contribution >= 0.6 is 0 Å². The molecule has 1 N–H and O–H groups in total. The lowest BCUT2D eigenvalue weighted by molar-refractivity contribution is -0.229. The highest BCUT2D eigenvalue weighted by molar-refractivity contribution is 5.95. The summed E-state index contributed by atoms with van der Waals surface area (Å²) in [5.41, 5.74) is -4.34.